The number of halogens is 3. The number of nitrogens with zero attached hydrogens (tertiary/aromatic N) is 4. The Hall–Kier alpha value is -2.52. The Morgan fingerprint density at radius 2 is 1.89 bits per heavy atom. The summed E-state index contributed by atoms with van der Waals surface area (Å²) in [5, 5.41) is 2.76. The number of carbonyl (C=O) groups is 1. The Labute approximate surface area is 166 Å². The Morgan fingerprint density at radius 1 is 1.21 bits per heavy atom. The molecule has 3 rings (SSSR count). The van der Waals surface area contributed by atoms with Crippen molar-refractivity contribution in [2.45, 2.75) is 19.6 Å². The Bertz CT molecular complexity index is 804. The number of alkyl halides is 2. The zero-order valence-corrected chi connectivity index (χ0v) is 15.9. The molecule has 7 nitrogen and oxygen atoms in total. The smallest absolute Gasteiger partial charge is 0.387 e. The standard InChI is InChI=1S/C18H20ClF2N5O2/c1-12(25-7-9-26(10-8-25)18-22-5-2-6-23-18)16(27)24-13-3-4-15(14(19)11-13)28-17(20)21/h2-6,11-12,17H,7-10H2,1H3,(H,24,27)/t12-/m0/s1. The zero-order chi connectivity index (χ0) is 20.1. The average molecular weight is 412 g/mol. The molecule has 10 heteroatoms. The summed E-state index contributed by atoms with van der Waals surface area (Å²) in [4.78, 5) is 25.2. The number of ether oxygens (including phenoxy) is 1. The molecule has 0 spiro atoms. The van der Waals surface area contributed by atoms with Crippen molar-refractivity contribution in [3.63, 3.8) is 0 Å². The van der Waals surface area contributed by atoms with E-state index in [0.29, 0.717) is 37.8 Å². The van der Waals surface area contributed by atoms with Crippen LogP contribution < -0.4 is 15.0 Å². The highest BCUT2D eigenvalue weighted by Crippen LogP contribution is 2.29. The second-order valence-corrected chi connectivity index (χ2v) is 6.67. The molecule has 1 saturated heterocycles. The normalized spacial score (nSPS) is 16.1. The molecule has 1 aromatic carbocycles. The van der Waals surface area contributed by atoms with Gasteiger partial charge in [0.2, 0.25) is 11.9 Å². The minimum absolute atomic E-state index is 0.00206. The van der Waals surface area contributed by atoms with Crippen LogP contribution in [0.15, 0.2) is 36.7 Å². The average Bonchev–Trinajstić information content (AvgIpc) is 2.70. The highest BCUT2D eigenvalue weighted by molar-refractivity contribution is 6.32. The van der Waals surface area contributed by atoms with Crippen molar-refractivity contribution in [3.8, 4) is 5.75 Å². The first-order chi connectivity index (χ1) is 13.4. The van der Waals surface area contributed by atoms with E-state index in [9.17, 15) is 13.6 Å². The quantitative estimate of drug-likeness (QED) is 0.788. The molecule has 1 atom stereocenters. The van der Waals surface area contributed by atoms with Gasteiger partial charge in [-0.05, 0) is 31.2 Å². The summed E-state index contributed by atoms with van der Waals surface area (Å²) in [6, 6.07) is 5.56. The molecule has 1 N–H and O–H groups in total. The lowest BCUT2D eigenvalue weighted by atomic mass is 10.2. The van der Waals surface area contributed by atoms with Crippen LogP contribution in [0.5, 0.6) is 5.75 Å². The molecule has 0 aliphatic carbocycles. The molecule has 1 aromatic heterocycles. The van der Waals surface area contributed by atoms with Crippen LogP contribution in [0.4, 0.5) is 20.4 Å². The van der Waals surface area contributed by atoms with Crippen LogP contribution in [0.2, 0.25) is 5.02 Å². The number of aromatic nitrogens is 2. The maximum Gasteiger partial charge on any atom is 0.387 e. The summed E-state index contributed by atoms with van der Waals surface area (Å²) >= 11 is 5.92. The summed E-state index contributed by atoms with van der Waals surface area (Å²) in [6.07, 6.45) is 3.40. The number of amides is 1. The summed E-state index contributed by atoms with van der Waals surface area (Å²) in [6.45, 7) is 1.67. The lowest BCUT2D eigenvalue weighted by Gasteiger charge is -2.37. The predicted octanol–water partition coefficient (Wildman–Crippen LogP) is 2.88. The van der Waals surface area contributed by atoms with Crippen LogP contribution in [0.25, 0.3) is 0 Å². The van der Waals surface area contributed by atoms with E-state index in [1.165, 1.54) is 18.2 Å². The first kappa shape index (κ1) is 20.2. The van der Waals surface area contributed by atoms with Gasteiger partial charge in [0.05, 0.1) is 11.1 Å². The summed E-state index contributed by atoms with van der Waals surface area (Å²) in [5.74, 6) is 0.338. The number of hydrogen-bond donors (Lipinski definition) is 1. The van der Waals surface area contributed by atoms with E-state index < -0.39 is 6.61 Å². The molecule has 1 amide bonds. The summed E-state index contributed by atoms with van der Waals surface area (Å²) in [7, 11) is 0. The monoisotopic (exact) mass is 411 g/mol. The van der Waals surface area contributed by atoms with Crippen molar-refractivity contribution in [2.24, 2.45) is 0 Å². The van der Waals surface area contributed by atoms with Gasteiger partial charge in [-0.1, -0.05) is 11.6 Å². The van der Waals surface area contributed by atoms with Gasteiger partial charge in [-0.25, -0.2) is 9.97 Å². The third kappa shape index (κ3) is 5.05. The molecular weight excluding hydrogens is 392 g/mol. The molecule has 0 unspecified atom stereocenters. The molecule has 0 radical (unpaired) electrons. The van der Waals surface area contributed by atoms with Gasteiger partial charge in [-0.15, -0.1) is 0 Å². The predicted molar refractivity (Wildman–Crippen MR) is 102 cm³/mol. The highest BCUT2D eigenvalue weighted by atomic mass is 35.5. The van der Waals surface area contributed by atoms with Gasteiger partial charge in [-0.2, -0.15) is 8.78 Å². The Morgan fingerprint density at radius 3 is 2.50 bits per heavy atom. The van der Waals surface area contributed by atoms with Crippen LogP contribution >= 0.6 is 11.6 Å². The van der Waals surface area contributed by atoms with Crippen LogP contribution in [0.3, 0.4) is 0 Å². The number of piperazine rings is 1. The van der Waals surface area contributed by atoms with Gasteiger partial charge in [0.15, 0.2) is 0 Å². The zero-order valence-electron chi connectivity index (χ0n) is 15.2. The van der Waals surface area contributed by atoms with Crippen molar-refractivity contribution in [3.05, 3.63) is 41.7 Å². The van der Waals surface area contributed by atoms with Crippen molar-refractivity contribution in [1.29, 1.82) is 0 Å². The number of benzene rings is 1. The van der Waals surface area contributed by atoms with Crippen molar-refractivity contribution in [1.82, 2.24) is 14.9 Å². The molecule has 1 aliphatic heterocycles. The van der Waals surface area contributed by atoms with Crippen LogP contribution in [0.1, 0.15) is 6.92 Å². The third-order valence-electron chi connectivity index (χ3n) is 4.49. The van der Waals surface area contributed by atoms with Crippen LogP contribution in [-0.4, -0.2) is 59.6 Å². The maximum atomic E-state index is 12.6. The van der Waals surface area contributed by atoms with E-state index in [-0.39, 0.29) is 22.7 Å². The minimum atomic E-state index is -2.96. The molecule has 28 heavy (non-hydrogen) atoms. The maximum absolute atomic E-state index is 12.6. The van der Waals surface area contributed by atoms with Gasteiger partial charge >= 0.3 is 6.61 Å². The number of rotatable bonds is 6. The first-order valence-corrected chi connectivity index (χ1v) is 9.13. The minimum Gasteiger partial charge on any atom is -0.433 e. The van der Waals surface area contributed by atoms with Crippen molar-refractivity contribution in [2.75, 3.05) is 36.4 Å². The molecule has 0 saturated carbocycles. The first-order valence-electron chi connectivity index (χ1n) is 8.75. The number of anilines is 2. The number of carbonyl (C=O) groups excluding carboxylic acids is 1. The summed E-state index contributed by atoms with van der Waals surface area (Å²) < 4.78 is 28.9. The fourth-order valence-electron chi connectivity index (χ4n) is 2.95. The molecule has 0 bridgehead atoms. The van der Waals surface area contributed by atoms with Gasteiger partial charge in [0, 0.05) is 44.3 Å². The number of hydrogen-bond acceptors (Lipinski definition) is 6. The SMILES string of the molecule is C[C@@H](C(=O)Nc1ccc(OC(F)F)c(Cl)c1)N1CCN(c2ncccn2)CC1. The molecule has 1 fully saturated rings. The third-order valence-corrected chi connectivity index (χ3v) is 4.79. The van der Waals surface area contributed by atoms with Crippen molar-refractivity contribution < 1.29 is 18.3 Å². The largest absolute Gasteiger partial charge is 0.433 e. The lowest BCUT2D eigenvalue weighted by molar-refractivity contribution is -0.120. The molecule has 2 aromatic rings. The van der Waals surface area contributed by atoms with E-state index in [1.807, 2.05) is 6.92 Å². The van der Waals surface area contributed by atoms with Crippen molar-refractivity contribution >= 4 is 29.1 Å². The fourth-order valence-corrected chi connectivity index (χ4v) is 3.17. The van der Waals surface area contributed by atoms with Gasteiger partial charge in [0.25, 0.3) is 0 Å². The van der Waals surface area contributed by atoms with E-state index >= 15 is 0 Å². The second kappa shape index (κ2) is 9.11. The van der Waals surface area contributed by atoms with E-state index in [0.717, 1.165) is 0 Å². The fraction of sp³-hybridized carbons (Fsp3) is 0.389. The number of nitrogens with one attached hydrogen (secondary N) is 1. The van der Waals surface area contributed by atoms with E-state index in [2.05, 4.69) is 29.8 Å². The topological polar surface area (TPSA) is 70.6 Å². The van der Waals surface area contributed by atoms with Crippen LogP contribution in [0, 0.1) is 0 Å². The van der Waals surface area contributed by atoms with Crippen LogP contribution in [-0.2, 0) is 4.79 Å². The molecule has 1 aliphatic rings. The summed E-state index contributed by atoms with van der Waals surface area (Å²) in [5.41, 5.74) is 0.416. The van der Waals surface area contributed by atoms with E-state index in [1.54, 1.807) is 18.5 Å². The Balaban J connectivity index is 1.54. The van der Waals surface area contributed by atoms with Gasteiger partial charge in [-0.3, -0.25) is 9.69 Å². The molecule has 150 valence electrons. The molecular formula is C18H20ClF2N5O2. The lowest BCUT2D eigenvalue weighted by Crippen LogP contribution is -2.53. The molecule has 2 heterocycles. The highest BCUT2D eigenvalue weighted by Gasteiger charge is 2.26. The van der Waals surface area contributed by atoms with Gasteiger partial charge in [0.1, 0.15) is 5.75 Å². The van der Waals surface area contributed by atoms with E-state index in [4.69, 9.17) is 11.6 Å². The Kier molecular flexibility index (Phi) is 6.58. The second-order valence-electron chi connectivity index (χ2n) is 6.26. The van der Waals surface area contributed by atoms with Gasteiger partial charge < -0.3 is 15.0 Å².